The van der Waals surface area contributed by atoms with Gasteiger partial charge in [0.25, 0.3) is 0 Å². The Morgan fingerprint density at radius 3 is 2.25 bits per heavy atom. The van der Waals surface area contributed by atoms with Crippen LogP contribution in [0.1, 0.15) is 52.4 Å². The van der Waals surface area contributed by atoms with Crippen LogP contribution in [0, 0.1) is 0 Å². The molecule has 0 N–H and O–H groups in total. The molecule has 0 amide bonds. The Morgan fingerprint density at radius 2 is 1.88 bits per heavy atom. The highest BCUT2D eigenvalue weighted by Crippen LogP contribution is 2.32. The second kappa shape index (κ2) is 5.83. The fourth-order valence-electron chi connectivity index (χ4n) is 1.94. The fraction of sp³-hybridized carbons (Fsp3) is 0.692. The molecule has 3 heteroatoms. The van der Waals surface area contributed by atoms with Crippen molar-refractivity contribution in [2.24, 2.45) is 4.99 Å². The average Bonchev–Trinajstić information content (AvgIpc) is 2.61. The zero-order valence-electron chi connectivity index (χ0n) is 10.3. The molecule has 0 radical (unpaired) electrons. The van der Waals surface area contributed by atoms with E-state index in [0.717, 1.165) is 38.5 Å². The van der Waals surface area contributed by atoms with Crippen LogP contribution in [0.3, 0.4) is 0 Å². The minimum Gasteiger partial charge on any atom is -0.406 e. The van der Waals surface area contributed by atoms with Gasteiger partial charge in [-0.2, -0.15) is 0 Å². The maximum absolute atomic E-state index is 11.9. The Morgan fingerprint density at radius 1 is 1.31 bits per heavy atom. The van der Waals surface area contributed by atoms with Crippen LogP contribution >= 0.6 is 0 Å². The zero-order chi connectivity index (χ0) is 12.0. The van der Waals surface area contributed by atoms with Crippen molar-refractivity contribution in [3.8, 4) is 0 Å². The monoisotopic (exact) mass is 223 g/mol. The second-order valence-electron chi connectivity index (χ2n) is 4.28. The molecule has 0 aromatic carbocycles. The summed E-state index contributed by atoms with van der Waals surface area (Å²) in [6, 6.07) is 0. The Hall–Kier alpha value is -1.12. The van der Waals surface area contributed by atoms with Gasteiger partial charge in [-0.25, -0.2) is 9.79 Å². The lowest BCUT2D eigenvalue weighted by Crippen LogP contribution is -2.33. The molecule has 16 heavy (non-hydrogen) atoms. The quantitative estimate of drug-likeness (QED) is 0.621. The molecule has 0 unspecified atom stereocenters. The van der Waals surface area contributed by atoms with E-state index < -0.39 is 5.54 Å². The van der Waals surface area contributed by atoms with Crippen molar-refractivity contribution in [1.29, 1.82) is 0 Å². The predicted molar refractivity (Wildman–Crippen MR) is 65.5 cm³/mol. The lowest BCUT2D eigenvalue weighted by Gasteiger charge is -2.21. The molecule has 0 fully saturated rings. The molecule has 0 aliphatic carbocycles. The van der Waals surface area contributed by atoms with Crippen LogP contribution in [0.2, 0.25) is 0 Å². The number of cyclic esters (lactones) is 1. The Balaban J connectivity index is 2.80. The highest BCUT2D eigenvalue weighted by Gasteiger charge is 2.43. The van der Waals surface area contributed by atoms with E-state index in [1.807, 2.05) is 0 Å². The third-order valence-electron chi connectivity index (χ3n) is 2.96. The third kappa shape index (κ3) is 2.71. The fourth-order valence-corrected chi connectivity index (χ4v) is 1.94. The first kappa shape index (κ1) is 12.9. The smallest absolute Gasteiger partial charge is 0.340 e. The van der Waals surface area contributed by atoms with Crippen molar-refractivity contribution in [2.75, 3.05) is 0 Å². The molecule has 1 rings (SSSR count). The lowest BCUT2D eigenvalue weighted by atomic mass is 9.88. The largest absolute Gasteiger partial charge is 0.406 e. The zero-order valence-corrected chi connectivity index (χ0v) is 10.3. The van der Waals surface area contributed by atoms with Gasteiger partial charge in [0.2, 0.25) is 5.90 Å². The van der Waals surface area contributed by atoms with Crippen molar-refractivity contribution < 1.29 is 9.53 Å². The second-order valence-corrected chi connectivity index (χ2v) is 4.28. The number of hydrogen-bond donors (Lipinski definition) is 0. The standard InChI is InChI=1S/C13H21NO2/c1-4-7-9-13(10-8-5-2)12(15)16-11(6-3)14-13/h6H,3-5,7-10H2,1-2H3. The van der Waals surface area contributed by atoms with Crippen LogP contribution in [0.25, 0.3) is 0 Å². The molecule has 1 aliphatic rings. The number of carbonyl (C=O) groups excluding carboxylic acids is 1. The summed E-state index contributed by atoms with van der Waals surface area (Å²) in [4.78, 5) is 16.3. The molecule has 0 bridgehead atoms. The predicted octanol–water partition coefficient (Wildman–Crippen LogP) is 3.25. The molecule has 0 aromatic heterocycles. The molecule has 90 valence electrons. The third-order valence-corrected chi connectivity index (χ3v) is 2.96. The van der Waals surface area contributed by atoms with Crippen molar-refractivity contribution in [2.45, 2.75) is 57.9 Å². The topological polar surface area (TPSA) is 38.7 Å². The molecule has 1 heterocycles. The minimum absolute atomic E-state index is 0.190. The highest BCUT2D eigenvalue weighted by atomic mass is 16.6. The first-order chi connectivity index (χ1) is 7.68. The number of hydrogen-bond acceptors (Lipinski definition) is 3. The summed E-state index contributed by atoms with van der Waals surface area (Å²) in [5.74, 6) is 0.196. The minimum atomic E-state index is -0.616. The summed E-state index contributed by atoms with van der Waals surface area (Å²) >= 11 is 0. The molecule has 0 saturated heterocycles. The molecule has 0 spiro atoms. The summed E-state index contributed by atoms with van der Waals surface area (Å²) in [6.07, 6.45) is 7.25. The molecule has 0 aromatic rings. The summed E-state index contributed by atoms with van der Waals surface area (Å²) in [5.41, 5.74) is -0.616. The number of unbranched alkanes of at least 4 members (excludes halogenated alkanes) is 2. The van der Waals surface area contributed by atoms with E-state index in [0.29, 0.717) is 5.90 Å². The SMILES string of the molecule is C=CC1=NC(CCCC)(CCCC)C(=O)O1. The molecule has 0 saturated carbocycles. The van der Waals surface area contributed by atoms with Crippen LogP contribution in [0.4, 0.5) is 0 Å². The highest BCUT2D eigenvalue weighted by molar-refractivity contribution is 6.04. The molecule has 3 nitrogen and oxygen atoms in total. The summed E-state index contributed by atoms with van der Waals surface area (Å²) in [6.45, 7) is 7.83. The van der Waals surface area contributed by atoms with Crippen LogP contribution in [0.15, 0.2) is 17.6 Å². The first-order valence-corrected chi connectivity index (χ1v) is 6.13. The number of esters is 1. The summed E-state index contributed by atoms with van der Waals surface area (Å²) < 4.78 is 5.11. The van der Waals surface area contributed by atoms with Crippen LogP contribution in [-0.2, 0) is 9.53 Å². The summed E-state index contributed by atoms with van der Waals surface area (Å²) in [7, 11) is 0. The van der Waals surface area contributed by atoms with Gasteiger partial charge in [0.15, 0.2) is 5.54 Å². The van der Waals surface area contributed by atoms with Crippen LogP contribution in [-0.4, -0.2) is 17.4 Å². The average molecular weight is 223 g/mol. The summed E-state index contributed by atoms with van der Waals surface area (Å²) in [5, 5.41) is 0. The van der Waals surface area contributed by atoms with Crippen molar-refractivity contribution in [3.05, 3.63) is 12.7 Å². The molecular weight excluding hydrogens is 202 g/mol. The first-order valence-electron chi connectivity index (χ1n) is 6.13. The van der Waals surface area contributed by atoms with E-state index in [9.17, 15) is 4.79 Å². The van der Waals surface area contributed by atoms with Gasteiger partial charge in [0.1, 0.15) is 0 Å². The van der Waals surface area contributed by atoms with E-state index in [2.05, 4.69) is 25.4 Å². The number of aliphatic imine (C=N–C) groups is 1. The Kier molecular flexibility index (Phi) is 4.71. The van der Waals surface area contributed by atoms with Gasteiger partial charge in [0, 0.05) is 0 Å². The van der Waals surface area contributed by atoms with E-state index in [1.54, 1.807) is 0 Å². The van der Waals surface area contributed by atoms with Crippen LogP contribution < -0.4 is 0 Å². The maximum atomic E-state index is 11.9. The molecule has 0 atom stereocenters. The van der Waals surface area contributed by atoms with Crippen molar-refractivity contribution in [3.63, 3.8) is 0 Å². The van der Waals surface area contributed by atoms with Crippen molar-refractivity contribution in [1.82, 2.24) is 0 Å². The lowest BCUT2D eigenvalue weighted by molar-refractivity contribution is -0.139. The van der Waals surface area contributed by atoms with Gasteiger partial charge < -0.3 is 4.74 Å². The van der Waals surface area contributed by atoms with Crippen LogP contribution in [0.5, 0.6) is 0 Å². The number of carbonyl (C=O) groups is 1. The van der Waals surface area contributed by atoms with Gasteiger partial charge in [-0.15, -0.1) is 0 Å². The Bertz CT molecular complexity index is 286. The van der Waals surface area contributed by atoms with E-state index in [-0.39, 0.29) is 5.97 Å². The van der Waals surface area contributed by atoms with Gasteiger partial charge in [0.05, 0.1) is 0 Å². The number of ether oxygens (including phenoxy) is 1. The molecule has 1 aliphatic heterocycles. The van der Waals surface area contributed by atoms with Crippen molar-refractivity contribution >= 4 is 11.9 Å². The van der Waals surface area contributed by atoms with E-state index in [4.69, 9.17) is 4.74 Å². The number of nitrogens with zero attached hydrogens (tertiary/aromatic N) is 1. The maximum Gasteiger partial charge on any atom is 0.340 e. The molecular formula is C13H21NO2. The van der Waals surface area contributed by atoms with Gasteiger partial charge in [-0.3, -0.25) is 0 Å². The van der Waals surface area contributed by atoms with Gasteiger partial charge >= 0.3 is 5.97 Å². The van der Waals surface area contributed by atoms with Gasteiger partial charge in [-0.1, -0.05) is 46.1 Å². The van der Waals surface area contributed by atoms with E-state index in [1.165, 1.54) is 6.08 Å². The normalized spacial score (nSPS) is 18.1. The Labute approximate surface area is 97.6 Å². The van der Waals surface area contributed by atoms with Gasteiger partial charge in [-0.05, 0) is 18.9 Å². The van der Waals surface area contributed by atoms with E-state index >= 15 is 0 Å². The number of rotatable bonds is 7.